The number of amides is 1. The normalized spacial score (nSPS) is 18.2. The predicted octanol–water partition coefficient (Wildman–Crippen LogP) is 4.55. The molecule has 1 amide bonds. The summed E-state index contributed by atoms with van der Waals surface area (Å²) in [5.74, 6) is 0.534. The molecule has 0 saturated carbocycles. The van der Waals surface area contributed by atoms with Gasteiger partial charge in [0.25, 0.3) is 5.91 Å². The van der Waals surface area contributed by atoms with E-state index in [-0.39, 0.29) is 17.8 Å². The Morgan fingerprint density at radius 2 is 1.97 bits per heavy atom. The highest BCUT2D eigenvalue weighted by atomic mass is 35.5. The van der Waals surface area contributed by atoms with E-state index in [9.17, 15) is 9.18 Å². The Kier molecular flexibility index (Phi) is 6.66. The second kappa shape index (κ2) is 9.84. The van der Waals surface area contributed by atoms with Crippen LogP contribution in [0.4, 0.5) is 10.1 Å². The first-order chi connectivity index (χ1) is 16.5. The van der Waals surface area contributed by atoms with E-state index in [0.29, 0.717) is 29.5 Å². The molecule has 1 atom stereocenters. The first kappa shape index (κ1) is 23.0. The van der Waals surface area contributed by atoms with Gasteiger partial charge >= 0.3 is 0 Å². The van der Waals surface area contributed by atoms with Crippen LogP contribution in [0.3, 0.4) is 0 Å². The fourth-order valence-electron chi connectivity index (χ4n) is 4.94. The Morgan fingerprint density at radius 3 is 2.74 bits per heavy atom. The lowest BCUT2D eigenvalue weighted by Gasteiger charge is -2.36. The zero-order valence-electron chi connectivity index (χ0n) is 19.4. The number of carbonyl (C=O) groups excluding carboxylic acids is 1. The quantitative estimate of drug-likeness (QED) is 0.500. The summed E-state index contributed by atoms with van der Waals surface area (Å²) in [7, 11) is 0. The molecule has 1 unspecified atom stereocenters. The molecule has 6 nitrogen and oxygen atoms in total. The van der Waals surface area contributed by atoms with Crippen molar-refractivity contribution in [2.24, 2.45) is 0 Å². The molecule has 0 radical (unpaired) electrons. The Labute approximate surface area is 204 Å². The molecule has 2 aliphatic heterocycles. The molecule has 5 rings (SSSR count). The van der Waals surface area contributed by atoms with Crippen molar-refractivity contribution < 1.29 is 13.9 Å². The highest BCUT2D eigenvalue weighted by Gasteiger charge is 2.27. The molecular formula is C26H30ClFN4O2. The molecular weight excluding hydrogens is 455 g/mol. The minimum Gasteiger partial charge on any atom is -0.486 e. The summed E-state index contributed by atoms with van der Waals surface area (Å²) in [4.78, 5) is 17.5. The summed E-state index contributed by atoms with van der Waals surface area (Å²) in [6.07, 6.45) is 1.77. The van der Waals surface area contributed by atoms with Gasteiger partial charge in [0.05, 0.1) is 22.8 Å². The number of rotatable bonds is 7. The molecule has 180 valence electrons. The minimum atomic E-state index is -0.166. The largest absolute Gasteiger partial charge is 0.486 e. The highest BCUT2D eigenvalue weighted by Crippen LogP contribution is 2.38. The molecule has 2 aliphatic rings. The first-order valence-corrected chi connectivity index (χ1v) is 12.4. The van der Waals surface area contributed by atoms with Crippen LogP contribution in [0.5, 0.6) is 5.75 Å². The fraction of sp³-hybridized carbons (Fsp3) is 0.423. The number of nitrogens with one attached hydrogen (secondary N) is 1. The van der Waals surface area contributed by atoms with Crippen LogP contribution < -0.4 is 15.0 Å². The van der Waals surface area contributed by atoms with E-state index in [0.717, 1.165) is 62.2 Å². The maximum atomic E-state index is 14.0. The number of aromatic nitrogens is 1. The molecule has 34 heavy (non-hydrogen) atoms. The standard InChI is InChI=1S/C26H30ClFN4O2/c1-2-18-17-32-23(16-19-20(27)8-9-24(34-18)25(19)32)26(33)29-10-5-11-30-12-14-31(15-13-30)22-7-4-3-6-21(22)28/h3-4,6-9,16,18H,2,5,10-15,17H2,1H3,(H,29,33). The number of piperazine rings is 1. The molecule has 1 fully saturated rings. The predicted molar refractivity (Wildman–Crippen MR) is 134 cm³/mol. The van der Waals surface area contributed by atoms with Gasteiger partial charge in [-0.1, -0.05) is 30.7 Å². The summed E-state index contributed by atoms with van der Waals surface area (Å²) in [6, 6.07) is 12.5. The summed E-state index contributed by atoms with van der Waals surface area (Å²) in [5, 5.41) is 4.56. The molecule has 0 bridgehead atoms. The SMILES string of the molecule is CCC1Cn2c(C(=O)NCCCN3CCN(c4ccccc4F)CC3)cc3c(Cl)ccc(c32)O1. The van der Waals surface area contributed by atoms with E-state index in [2.05, 4.69) is 22.0 Å². The molecule has 2 aromatic carbocycles. The smallest absolute Gasteiger partial charge is 0.267 e. The molecule has 0 spiro atoms. The van der Waals surface area contributed by atoms with E-state index in [4.69, 9.17) is 16.3 Å². The van der Waals surface area contributed by atoms with Gasteiger partial charge in [-0.05, 0) is 49.7 Å². The van der Waals surface area contributed by atoms with E-state index in [1.165, 1.54) is 6.07 Å². The lowest BCUT2D eigenvalue weighted by molar-refractivity contribution is 0.0935. The Morgan fingerprint density at radius 1 is 1.18 bits per heavy atom. The van der Waals surface area contributed by atoms with Crippen LogP contribution >= 0.6 is 11.6 Å². The van der Waals surface area contributed by atoms with Crippen molar-refractivity contribution in [3.8, 4) is 5.75 Å². The Hall–Kier alpha value is -2.77. The zero-order chi connectivity index (χ0) is 23.7. The van der Waals surface area contributed by atoms with E-state index >= 15 is 0 Å². The number of nitrogens with zero attached hydrogens (tertiary/aromatic N) is 3. The van der Waals surface area contributed by atoms with Crippen LogP contribution in [0.15, 0.2) is 42.5 Å². The number of halogens is 2. The fourth-order valence-corrected chi connectivity index (χ4v) is 5.14. The summed E-state index contributed by atoms with van der Waals surface area (Å²) >= 11 is 6.41. The minimum absolute atomic E-state index is 0.0406. The van der Waals surface area contributed by atoms with Gasteiger partial charge in [-0.15, -0.1) is 0 Å². The lowest BCUT2D eigenvalue weighted by atomic mass is 10.2. The molecule has 1 saturated heterocycles. The van der Waals surface area contributed by atoms with Crippen molar-refractivity contribution in [1.29, 1.82) is 0 Å². The van der Waals surface area contributed by atoms with Gasteiger partial charge in [0.15, 0.2) is 0 Å². The number of para-hydroxylation sites is 1. The van der Waals surface area contributed by atoms with Crippen molar-refractivity contribution in [1.82, 2.24) is 14.8 Å². The molecule has 3 heterocycles. The van der Waals surface area contributed by atoms with E-state index in [1.807, 2.05) is 34.9 Å². The molecule has 0 aliphatic carbocycles. The third-order valence-electron chi connectivity index (χ3n) is 6.84. The molecule has 3 aromatic rings. The topological polar surface area (TPSA) is 49.7 Å². The first-order valence-electron chi connectivity index (χ1n) is 12.0. The van der Waals surface area contributed by atoms with Gasteiger partial charge in [0.1, 0.15) is 23.4 Å². The van der Waals surface area contributed by atoms with Crippen LogP contribution in [-0.4, -0.2) is 60.7 Å². The van der Waals surface area contributed by atoms with Gasteiger partial charge in [0.2, 0.25) is 0 Å². The van der Waals surface area contributed by atoms with Crippen molar-refractivity contribution in [2.75, 3.05) is 44.2 Å². The highest BCUT2D eigenvalue weighted by molar-refractivity contribution is 6.36. The van der Waals surface area contributed by atoms with Gasteiger partial charge in [0, 0.05) is 38.1 Å². The number of anilines is 1. The van der Waals surface area contributed by atoms with E-state index < -0.39 is 0 Å². The number of hydrogen-bond donors (Lipinski definition) is 1. The molecule has 1 N–H and O–H groups in total. The van der Waals surface area contributed by atoms with E-state index in [1.54, 1.807) is 6.07 Å². The van der Waals surface area contributed by atoms with Gasteiger partial charge in [-0.3, -0.25) is 9.69 Å². The van der Waals surface area contributed by atoms with Crippen molar-refractivity contribution >= 4 is 34.1 Å². The van der Waals surface area contributed by atoms with Crippen LogP contribution in [0, 0.1) is 5.82 Å². The zero-order valence-corrected chi connectivity index (χ0v) is 20.2. The number of benzene rings is 2. The third-order valence-corrected chi connectivity index (χ3v) is 7.17. The number of carbonyl (C=O) groups is 1. The third kappa shape index (κ3) is 4.46. The summed E-state index contributed by atoms with van der Waals surface area (Å²) < 4.78 is 22.2. The van der Waals surface area contributed by atoms with Crippen molar-refractivity contribution in [3.05, 3.63) is 59.0 Å². The Bertz CT molecular complexity index is 1190. The Balaban J connectivity index is 1.15. The molecule has 1 aromatic heterocycles. The monoisotopic (exact) mass is 484 g/mol. The summed E-state index contributed by atoms with van der Waals surface area (Å²) in [6.45, 7) is 7.60. The average Bonchev–Trinajstić information content (AvgIpc) is 3.25. The van der Waals surface area contributed by atoms with Crippen LogP contribution in [0.2, 0.25) is 5.02 Å². The summed E-state index contributed by atoms with van der Waals surface area (Å²) in [5.41, 5.74) is 2.21. The van der Waals surface area contributed by atoms with Crippen molar-refractivity contribution in [3.63, 3.8) is 0 Å². The molecule has 8 heteroatoms. The van der Waals surface area contributed by atoms with Gasteiger partial charge in [-0.2, -0.15) is 0 Å². The number of ether oxygens (including phenoxy) is 1. The van der Waals surface area contributed by atoms with Gasteiger partial charge < -0.3 is 19.5 Å². The van der Waals surface area contributed by atoms with Crippen LogP contribution in [0.25, 0.3) is 10.9 Å². The number of hydrogen-bond acceptors (Lipinski definition) is 4. The van der Waals surface area contributed by atoms with Crippen LogP contribution in [-0.2, 0) is 6.54 Å². The van der Waals surface area contributed by atoms with Crippen molar-refractivity contribution in [2.45, 2.75) is 32.4 Å². The second-order valence-corrected chi connectivity index (χ2v) is 9.39. The maximum Gasteiger partial charge on any atom is 0.267 e. The second-order valence-electron chi connectivity index (χ2n) is 8.99. The lowest BCUT2D eigenvalue weighted by Crippen LogP contribution is -2.47. The van der Waals surface area contributed by atoms with Crippen LogP contribution in [0.1, 0.15) is 30.3 Å². The average molecular weight is 485 g/mol. The maximum absolute atomic E-state index is 14.0. The van der Waals surface area contributed by atoms with Gasteiger partial charge in [-0.25, -0.2) is 4.39 Å².